The number of aromatic nitrogens is 3. The van der Waals surface area contributed by atoms with E-state index in [1.807, 2.05) is 53.4 Å². The summed E-state index contributed by atoms with van der Waals surface area (Å²) in [5.74, 6) is 0.605. The number of carbonyl (C=O) groups excluding carboxylic acids is 2. The molecule has 2 heterocycles. The van der Waals surface area contributed by atoms with Crippen molar-refractivity contribution in [3.8, 4) is 0 Å². The lowest BCUT2D eigenvalue weighted by Crippen LogP contribution is -2.19. The number of ketones is 1. The molecule has 2 aromatic heterocycles. The fourth-order valence-electron chi connectivity index (χ4n) is 3.20. The van der Waals surface area contributed by atoms with Crippen LogP contribution in [0.5, 0.6) is 0 Å². The van der Waals surface area contributed by atoms with Gasteiger partial charge < -0.3 is 9.88 Å². The normalized spacial score (nSPS) is 11.8. The summed E-state index contributed by atoms with van der Waals surface area (Å²) in [6.07, 6.45) is 0.696. The van der Waals surface area contributed by atoms with Crippen LogP contribution in [-0.2, 0) is 18.3 Å². The topological polar surface area (TPSA) is 76.9 Å². The molecule has 1 amide bonds. The van der Waals surface area contributed by atoms with Crippen LogP contribution in [0.25, 0.3) is 0 Å². The molecule has 0 radical (unpaired) electrons. The number of Topliss-reactive ketones (excluding diaryl/α,β-unsaturated/α-hetero) is 1. The lowest BCUT2D eigenvalue weighted by molar-refractivity contribution is -0.115. The maximum atomic E-state index is 13.3. The third kappa shape index (κ3) is 5.15. The van der Waals surface area contributed by atoms with Crippen molar-refractivity contribution in [2.75, 3.05) is 5.32 Å². The molecule has 0 saturated carbocycles. The molecule has 0 aliphatic heterocycles. The van der Waals surface area contributed by atoms with Gasteiger partial charge in [-0.15, -0.1) is 21.5 Å². The van der Waals surface area contributed by atoms with Gasteiger partial charge in [0.2, 0.25) is 5.91 Å². The van der Waals surface area contributed by atoms with Crippen LogP contribution in [0.2, 0.25) is 0 Å². The van der Waals surface area contributed by atoms with Crippen molar-refractivity contribution in [2.45, 2.75) is 23.8 Å². The number of thiophene rings is 1. The predicted molar refractivity (Wildman–Crippen MR) is 128 cm³/mol. The maximum Gasteiger partial charge on any atom is 0.242 e. The number of thioether (sulfide) groups is 1. The summed E-state index contributed by atoms with van der Waals surface area (Å²) < 4.78 is 1.93. The second kappa shape index (κ2) is 9.93. The highest BCUT2D eigenvalue weighted by Gasteiger charge is 2.25. The summed E-state index contributed by atoms with van der Waals surface area (Å²) in [5.41, 5.74) is 2.00. The first kappa shape index (κ1) is 22.0. The third-order valence-corrected chi connectivity index (χ3v) is 7.10. The van der Waals surface area contributed by atoms with Gasteiger partial charge in [0.15, 0.2) is 10.9 Å². The molecule has 0 aliphatic carbocycles. The Kier molecular flexibility index (Phi) is 6.82. The van der Waals surface area contributed by atoms with Crippen LogP contribution < -0.4 is 5.32 Å². The molecule has 0 fully saturated rings. The second-order valence-corrected chi connectivity index (χ2v) is 9.35. The molecule has 4 rings (SSSR count). The Morgan fingerprint density at radius 3 is 2.59 bits per heavy atom. The van der Waals surface area contributed by atoms with E-state index >= 15 is 0 Å². The van der Waals surface area contributed by atoms with Gasteiger partial charge in [-0.2, -0.15) is 0 Å². The number of anilines is 1. The predicted octanol–water partition coefficient (Wildman–Crippen LogP) is 5.14. The van der Waals surface area contributed by atoms with Crippen LogP contribution in [0.4, 0.5) is 5.69 Å². The van der Waals surface area contributed by atoms with Gasteiger partial charge in [0.25, 0.3) is 0 Å². The Morgan fingerprint density at radius 1 is 1.06 bits per heavy atom. The molecule has 32 heavy (non-hydrogen) atoms. The number of nitrogens with zero attached hydrogens (tertiary/aromatic N) is 3. The van der Waals surface area contributed by atoms with Gasteiger partial charge in [-0.3, -0.25) is 9.59 Å². The van der Waals surface area contributed by atoms with Crippen molar-refractivity contribution in [3.63, 3.8) is 0 Å². The molecule has 1 atom stereocenters. The van der Waals surface area contributed by atoms with Crippen molar-refractivity contribution >= 4 is 40.5 Å². The summed E-state index contributed by atoms with van der Waals surface area (Å²) in [6.45, 7) is 1.51. The smallest absolute Gasteiger partial charge is 0.242 e. The first-order chi connectivity index (χ1) is 15.5. The number of nitrogens with one attached hydrogen (secondary N) is 1. The van der Waals surface area contributed by atoms with Gasteiger partial charge in [0.05, 0.1) is 0 Å². The van der Waals surface area contributed by atoms with Crippen molar-refractivity contribution in [3.05, 3.63) is 93.9 Å². The number of hydrogen-bond donors (Lipinski definition) is 1. The monoisotopic (exact) mass is 462 g/mol. The minimum absolute atomic E-state index is 0.0487. The molecule has 0 bridgehead atoms. The van der Waals surface area contributed by atoms with Crippen LogP contribution in [0.1, 0.15) is 38.8 Å². The molecule has 4 aromatic rings. The van der Waals surface area contributed by atoms with Crippen molar-refractivity contribution in [2.24, 2.45) is 7.05 Å². The fourth-order valence-corrected chi connectivity index (χ4v) is 4.92. The SMILES string of the molecule is CC(=O)c1cccc(NC(=O)C(Sc2nnc(Cc3cccs3)n2C)c2ccccc2)c1. The zero-order valence-electron chi connectivity index (χ0n) is 17.7. The van der Waals surface area contributed by atoms with Gasteiger partial charge in [0, 0.05) is 29.6 Å². The zero-order chi connectivity index (χ0) is 22.5. The molecular formula is C24H22N4O2S2. The number of benzene rings is 2. The van der Waals surface area contributed by atoms with E-state index in [1.165, 1.54) is 23.6 Å². The van der Waals surface area contributed by atoms with Gasteiger partial charge >= 0.3 is 0 Å². The van der Waals surface area contributed by atoms with Crippen LogP contribution >= 0.6 is 23.1 Å². The van der Waals surface area contributed by atoms with E-state index in [2.05, 4.69) is 21.6 Å². The highest BCUT2D eigenvalue weighted by atomic mass is 32.2. The van der Waals surface area contributed by atoms with Crippen LogP contribution in [0.3, 0.4) is 0 Å². The quantitative estimate of drug-likeness (QED) is 0.290. The lowest BCUT2D eigenvalue weighted by atomic mass is 10.1. The van der Waals surface area contributed by atoms with Crippen LogP contribution in [0, 0.1) is 0 Å². The van der Waals surface area contributed by atoms with Crippen molar-refractivity contribution in [1.82, 2.24) is 14.8 Å². The summed E-state index contributed by atoms with van der Waals surface area (Å²) in [7, 11) is 1.92. The maximum absolute atomic E-state index is 13.3. The Bertz CT molecular complexity index is 1220. The molecule has 0 spiro atoms. The summed E-state index contributed by atoms with van der Waals surface area (Å²) in [6, 6.07) is 20.6. The van der Waals surface area contributed by atoms with E-state index in [0.717, 1.165) is 11.4 Å². The number of amides is 1. The minimum atomic E-state index is -0.533. The summed E-state index contributed by atoms with van der Waals surface area (Å²) >= 11 is 3.03. The number of hydrogen-bond acceptors (Lipinski definition) is 6. The molecule has 8 heteroatoms. The second-order valence-electron chi connectivity index (χ2n) is 7.25. The number of rotatable bonds is 8. The van der Waals surface area contributed by atoms with E-state index in [1.54, 1.807) is 35.6 Å². The highest BCUT2D eigenvalue weighted by Crippen LogP contribution is 2.35. The average molecular weight is 463 g/mol. The standard InChI is InChI=1S/C24H22N4O2S2/c1-16(29)18-10-6-11-19(14-18)25-23(30)22(17-8-4-3-5-9-17)32-24-27-26-21(28(24)2)15-20-12-7-13-31-20/h3-14,22H,15H2,1-2H3,(H,25,30). The van der Waals surface area contributed by atoms with Gasteiger partial charge in [-0.05, 0) is 36.1 Å². The van der Waals surface area contributed by atoms with Crippen molar-refractivity contribution < 1.29 is 9.59 Å². The van der Waals surface area contributed by atoms with Crippen LogP contribution in [-0.4, -0.2) is 26.5 Å². The van der Waals surface area contributed by atoms with E-state index < -0.39 is 5.25 Å². The largest absolute Gasteiger partial charge is 0.325 e. The Hall–Kier alpha value is -3.23. The fraction of sp³-hybridized carbons (Fsp3) is 0.167. The molecule has 162 valence electrons. The third-order valence-electron chi connectivity index (χ3n) is 4.94. The Labute approximate surface area is 194 Å². The van der Waals surface area contributed by atoms with Gasteiger partial charge in [0.1, 0.15) is 11.1 Å². The Morgan fingerprint density at radius 2 is 1.88 bits per heavy atom. The first-order valence-corrected chi connectivity index (χ1v) is 11.8. The molecule has 6 nitrogen and oxygen atoms in total. The molecule has 0 aliphatic rings. The molecule has 2 aromatic carbocycles. The molecule has 1 unspecified atom stereocenters. The lowest BCUT2D eigenvalue weighted by Gasteiger charge is -2.17. The Balaban J connectivity index is 1.58. The van der Waals surface area contributed by atoms with Gasteiger partial charge in [-0.25, -0.2) is 0 Å². The van der Waals surface area contributed by atoms with Gasteiger partial charge in [-0.1, -0.05) is 60.3 Å². The molecule has 1 N–H and O–H groups in total. The van der Waals surface area contributed by atoms with Crippen LogP contribution in [0.15, 0.2) is 77.3 Å². The molecule has 0 saturated heterocycles. The highest BCUT2D eigenvalue weighted by molar-refractivity contribution is 8.00. The van der Waals surface area contributed by atoms with E-state index in [0.29, 0.717) is 22.8 Å². The number of carbonyl (C=O) groups is 2. The first-order valence-electron chi connectivity index (χ1n) is 10.1. The summed E-state index contributed by atoms with van der Waals surface area (Å²) in [4.78, 5) is 26.2. The zero-order valence-corrected chi connectivity index (χ0v) is 19.3. The minimum Gasteiger partial charge on any atom is -0.325 e. The average Bonchev–Trinajstić information content (AvgIpc) is 3.43. The van der Waals surface area contributed by atoms with E-state index in [4.69, 9.17) is 0 Å². The molecular weight excluding hydrogens is 440 g/mol. The van der Waals surface area contributed by atoms with E-state index in [9.17, 15) is 9.59 Å². The van der Waals surface area contributed by atoms with E-state index in [-0.39, 0.29) is 11.7 Å². The van der Waals surface area contributed by atoms with Crippen molar-refractivity contribution in [1.29, 1.82) is 0 Å². The summed E-state index contributed by atoms with van der Waals surface area (Å²) in [5, 5.41) is 13.8.